The van der Waals surface area contributed by atoms with Gasteiger partial charge in [-0.25, -0.2) is 4.98 Å². The molecule has 1 saturated carbocycles. The minimum Gasteiger partial charge on any atom is -0.340 e. The molecule has 0 unspecified atom stereocenters. The molecule has 0 spiro atoms. The molecule has 7 heteroatoms. The lowest BCUT2D eigenvalue weighted by molar-refractivity contribution is -0.137. The predicted octanol–water partition coefficient (Wildman–Crippen LogP) is 5.65. The van der Waals surface area contributed by atoms with E-state index in [1.165, 1.54) is 5.56 Å². The number of anilines is 3. The Morgan fingerprint density at radius 2 is 1.57 bits per heavy atom. The van der Waals surface area contributed by atoms with Crippen molar-refractivity contribution in [2.24, 2.45) is 0 Å². The third kappa shape index (κ3) is 4.98. The summed E-state index contributed by atoms with van der Waals surface area (Å²) >= 11 is 6.12. The number of nitrogens with zero attached hydrogens (tertiary/aromatic N) is 4. The first-order valence-electron chi connectivity index (χ1n) is 12.4. The molecule has 1 N–H and O–H groups in total. The maximum absolute atomic E-state index is 13.8. The molecular formula is C28H32ClN5O. The van der Waals surface area contributed by atoms with Crippen LogP contribution in [0.15, 0.2) is 54.6 Å². The van der Waals surface area contributed by atoms with Gasteiger partial charge in [0.05, 0.1) is 5.41 Å². The fourth-order valence-corrected chi connectivity index (χ4v) is 5.45. The van der Waals surface area contributed by atoms with Gasteiger partial charge in [-0.1, -0.05) is 54.3 Å². The van der Waals surface area contributed by atoms with Gasteiger partial charge in [0.2, 0.25) is 11.9 Å². The fraction of sp³-hybridized carbons (Fsp3) is 0.393. The lowest BCUT2D eigenvalue weighted by Gasteiger charge is -2.40. The molecule has 2 aromatic carbocycles. The zero-order valence-electron chi connectivity index (χ0n) is 20.4. The number of hydrogen-bond donors (Lipinski definition) is 1. The summed E-state index contributed by atoms with van der Waals surface area (Å²) in [6, 6.07) is 18.1. The highest BCUT2D eigenvalue weighted by atomic mass is 35.5. The van der Waals surface area contributed by atoms with E-state index in [0.29, 0.717) is 24.1 Å². The normalized spacial score (nSPS) is 17.5. The average molecular weight is 490 g/mol. The van der Waals surface area contributed by atoms with Crippen LogP contribution in [0.5, 0.6) is 0 Å². The lowest BCUT2D eigenvalue weighted by Crippen LogP contribution is -2.54. The topological polar surface area (TPSA) is 61.4 Å². The quantitative estimate of drug-likeness (QED) is 0.501. The highest BCUT2D eigenvalue weighted by molar-refractivity contribution is 6.30. The second kappa shape index (κ2) is 9.86. The minimum atomic E-state index is -0.419. The summed E-state index contributed by atoms with van der Waals surface area (Å²) in [6.45, 7) is 6.84. The second-order valence-electron chi connectivity index (χ2n) is 9.76. The van der Waals surface area contributed by atoms with Gasteiger partial charge in [-0.15, -0.1) is 0 Å². The Kier molecular flexibility index (Phi) is 6.65. The standard InChI is InChI=1S/C28H32ClN5O/c1-20-5-11-24(12-6-20)31-25-19-21(2)30-27(32-25)34-17-15-33(16-18-34)26(35)28(13-3-4-14-28)22-7-9-23(29)10-8-22/h5-12,19H,3-4,13-18H2,1-2H3,(H,30,31,32). The lowest BCUT2D eigenvalue weighted by atomic mass is 9.77. The smallest absolute Gasteiger partial charge is 0.233 e. The molecule has 182 valence electrons. The Labute approximate surface area is 212 Å². The SMILES string of the molecule is Cc1ccc(Nc2cc(C)nc(N3CCN(C(=O)C4(c5ccc(Cl)cc5)CCCC4)CC3)n2)cc1. The first-order chi connectivity index (χ1) is 16.9. The molecule has 6 nitrogen and oxygen atoms in total. The van der Waals surface area contributed by atoms with Crippen LogP contribution in [0.2, 0.25) is 5.02 Å². The van der Waals surface area contributed by atoms with Crippen LogP contribution in [0, 0.1) is 13.8 Å². The van der Waals surface area contributed by atoms with Crippen molar-refractivity contribution in [2.45, 2.75) is 44.9 Å². The average Bonchev–Trinajstić information content (AvgIpc) is 3.36. The third-order valence-electron chi connectivity index (χ3n) is 7.28. The molecule has 0 atom stereocenters. The number of hydrogen-bond acceptors (Lipinski definition) is 5. The number of carbonyl (C=O) groups is 1. The van der Waals surface area contributed by atoms with Crippen LogP contribution in [-0.2, 0) is 10.2 Å². The van der Waals surface area contributed by atoms with E-state index in [0.717, 1.165) is 61.5 Å². The summed E-state index contributed by atoms with van der Waals surface area (Å²) < 4.78 is 0. The highest BCUT2D eigenvalue weighted by Crippen LogP contribution is 2.43. The number of rotatable bonds is 5. The Balaban J connectivity index is 1.28. The number of aryl methyl sites for hydroxylation is 2. The Morgan fingerprint density at radius 1 is 0.914 bits per heavy atom. The van der Waals surface area contributed by atoms with Crippen molar-refractivity contribution in [3.63, 3.8) is 0 Å². The summed E-state index contributed by atoms with van der Waals surface area (Å²) in [4.78, 5) is 27.5. The largest absolute Gasteiger partial charge is 0.340 e. The van der Waals surface area contributed by atoms with Crippen LogP contribution in [0.1, 0.15) is 42.5 Å². The van der Waals surface area contributed by atoms with Crippen LogP contribution < -0.4 is 10.2 Å². The van der Waals surface area contributed by atoms with Crippen molar-refractivity contribution >= 4 is 35.0 Å². The summed E-state index contributed by atoms with van der Waals surface area (Å²) in [6.07, 6.45) is 3.98. The number of halogens is 1. The van der Waals surface area contributed by atoms with Crippen molar-refractivity contribution in [3.05, 3.63) is 76.4 Å². The van der Waals surface area contributed by atoms with Gasteiger partial charge in [-0.05, 0) is 56.5 Å². The van der Waals surface area contributed by atoms with E-state index < -0.39 is 5.41 Å². The van der Waals surface area contributed by atoms with E-state index in [9.17, 15) is 4.79 Å². The molecular weight excluding hydrogens is 458 g/mol. The molecule has 2 heterocycles. The van der Waals surface area contributed by atoms with Crippen LogP contribution in [0.3, 0.4) is 0 Å². The molecule has 0 radical (unpaired) electrons. The molecule has 1 aromatic heterocycles. The summed E-state index contributed by atoms with van der Waals surface area (Å²) in [7, 11) is 0. The van der Waals surface area contributed by atoms with Gasteiger partial charge < -0.3 is 15.1 Å². The molecule has 1 aliphatic carbocycles. The third-order valence-corrected chi connectivity index (χ3v) is 7.53. The van der Waals surface area contributed by atoms with E-state index in [2.05, 4.69) is 46.4 Å². The Hall–Kier alpha value is -3.12. The number of nitrogens with one attached hydrogen (secondary N) is 1. The van der Waals surface area contributed by atoms with E-state index in [1.54, 1.807) is 0 Å². The number of carbonyl (C=O) groups excluding carboxylic acids is 1. The number of piperazine rings is 1. The molecule has 5 rings (SSSR count). The maximum Gasteiger partial charge on any atom is 0.233 e. The zero-order chi connectivity index (χ0) is 24.4. The highest BCUT2D eigenvalue weighted by Gasteiger charge is 2.45. The second-order valence-corrected chi connectivity index (χ2v) is 10.2. The van der Waals surface area contributed by atoms with Gasteiger partial charge in [0.25, 0.3) is 0 Å². The van der Waals surface area contributed by atoms with E-state index in [-0.39, 0.29) is 5.91 Å². The summed E-state index contributed by atoms with van der Waals surface area (Å²) in [5.74, 6) is 1.74. The molecule has 35 heavy (non-hydrogen) atoms. The maximum atomic E-state index is 13.8. The van der Waals surface area contributed by atoms with Gasteiger partial charge >= 0.3 is 0 Å². The van der Waals surface area contributed by atoms with Gasteiger partial charge in [0.15, 0.2) is 0 Å². The number of aromatic nitrogens is 2. The molecule has 2 aliphatic rings. The fourth-order valence-electron chi connectivity index (χ4n) is 5.33. The minimum absolute atomic E-state index is 0.254. The van der Waals surface area contributed by atoms with Crippen molar-refractivity contribution in [2.75, 3.05) is 36.4 Å². The van der Waals surface area contributed by atoms with E-state index in [4.69, 9.17) is 16.6 Å². The van der Waals surface area contributed by atoms with Crippen LogP contribution in [0.4, 0.5) is 17.5 Å². The molecule has 2 fully saturated rings. The van der Waals surface area contributed by atoms with Gasteiger partial charge in [0, 0.05) is 48.6 Å². The first kappa shape index (κ1) is 23.6. The van der Waals surface area contributed by atoms with Gasteiger partial charge in [-0.3, -0.25) is 4.79 Å². The molecule has 0 bridgehead atoms. The zero-order valence-corrected chi connectivity index (χ0v) is 21.2. The molecule has 3 aromatic rings. The first-order valence-corrected chi connectivity index (χ1v) is 12.8. The van der Waals surface area contributed by atoms with Crippen LogP contribution >= 0.6 is 11.6 Å². The summed E-state index contributed by atoms with van der Waals surface area (Å²) in [5, 5.41) is 4.10. The van der Waals surface area contributed by atoms with Crippen molar-refractivity contribution in [1.29, 1.82) is 0 Å². The molecule has 1 saturated heterocycles. The van der Waals surface area contributed by atoms with E-state index >= 15 is 0 Å². The monoisotopic (exact) mass is 489 g/mol. The number of amides is 1. The van der Waals surface area contributed by atoms with E-state index in [1.807, 2.05) is 42.2 Å². The van der Waals surface area contributed by atoms with Gasteiger partial charge in [0.1, 0.15) is 5.82 Å². The van der Waals surface area contributed by atoms with Crippen molar-refractivity contribution in [3.8, 4) is 0 Å². The Bertz CT molecular complexity index is 1180. The van der Waals surface area contributed by atoms with Crippen molar-refractivity contribution < 1.29 is 4.79 Å². The van der Waals surface area contributed by atoms with Gasteiger partial charge in [-0.2, -0.15) is 4.98 Å². The molecule has 1 amide bonds. The van der Waals surface area contributed by atoms with Crippen molar-refractivity contribution in [1.82, 2.24) is 14.9 Å². The number of benzene rings is 2. The van der Waals surface area contributed by atoms with Crippen LogP contribution in [0.25, 0.3) is 0 Å². The summed E-state index contributed by atoms with van der Waals surface area (Å²) in [5.41, 5.74) is 3.81. The van der Waals surface area contributed by atoms with Crippen LogP contribution in [-0.4, -0.2) is 47.0 Å². The molecule has 1 aliphatic heterocycles. The predicted molar refractivity (Wildman–Crippen MR) is 142 cm³/mol. The Morgan fingerprint density at radius 3 is 2.23 bits per heavy atom.